The van der Waals surface area contributed by atoms with E-state index in [9.17, 15) is 4.79 Å². The Hall–Kier alpha value is -1.06. The minimum atomic E-state index is 0. The van der Waals surface area contributed by atoms with Gasteiger partial charge in [-0.3, -0.25) is 4.79 Å². The number of carbonyl (C=O) groups excluding carboxylic acids is 1. The molecule has 1 aromatic rings. The van der Waals surface area contributed by atoms with Crippen LogP contribution in [0.1, 0.15) is 49.7 Å². The van der Waals surface area contributed by atoms with Crippen molar-refractivity contribution in [3.05, 3.63) is 29.3 Å². The predicted molar refractivity (Wildman–Crippen MR) is 91.6 cm³/mol. The molecule has 3 aliphatic rings. The molecule has 3 unspecified atom stereocenters. The Morgan fingerprint density at radius 3 is 2.77 bits per heavy atom. The number of halogens is 1. The van der Waals surface area contributed by atoms with Crippen LogP contribution in [0.2, 0.25) is 0 Å². The summed E-state index contributed by atoms with van der Waals surface area (Å²) in [6.07, 6.45) is 9.80. The molecule has 1 amide bonds. The van der Waals surface area contributed by atoms with E-state index in [0.29, 0.717) is 6.04 Å². The van der Waals surface area contributed by atoms with E-state index in [4.69, 9.17) is 0 Å². The minimum Gasteiger partial charge on any atom is -0.325 e. The quantitative estimate of drug-likeness (QED) is 0.876. The zero-order valence-corrected chi connectivity index (χ0v) is 13.8. The minimum absolute atomic E-state index is 0. The Morgan fingerprint density at radius 1 is 1.09 bits per heavy atom. The van der Waals surface area contributed by atoms with Crippen LogP contribution in [0.3, 0.4) is 0 Å². The highest BCUT2D eigenvalue weighted by molar-refractivity contribution is 5.95. The highest BCUT2D eigenvalue weighted by atomic mass is 35.5. The lowest BCUT2D eigenvalue weighted by atomic mass is 9.85. The van der Waals surface area contributed by atoms with Gasteiger partial charge in [0.15, 0.2) is 0 Å². The fraction of sp³-hybridized carbons (Fsp3) is 0.611. The lowest BCUT2D eigenvalue weighted by molar-refractivity contribution is -0.117. The Morgan fingerprint density at radius 2 is 1.91 bits per heavy atom. The third-order valence-corrected chi connectivity index (χ3v) is 5.55. The van der Waals surface area contributed by atoms with E-state index >= 15 is 0 Å². The molecular weight excluding hydrogens is 296 g/mol. The number of rotatable bonds is 2. The third kappa shape index (κ3) is 3.02. The maximum absolute atomic E-state index is 12.5. The van der Waals surface area contributed by atoms with Gasteiger partial charge in [0.25, 0.3) is 0 Å². The van der Waals surface area contributed by atoms with Gasteiger partial charge in [0.1, 0.15) is 0 Å². The molecule has 1 saturated carbocycles. The average Bonchev–Trinajstić information content (AvgIpc) is 3.13. The number of aryl methyl sites for hydroxylation is 2. The Balaban J connectivity index is 0.00000144. The molecule has 1 aromatic carbocycles. The van der Waals surface area contributed by atoms with Crippen LogP contribution >= 0.6 is 12.4 Å². The van der Waals surface area contributed by atoms with Crippen molar-refractivity contribution >= 4 is 24.0 Å². The maximum Gasteiger partial charge on any atom is 0.241 e. The van der Waals surface area contributed by atoms with Crippen LogP contribution in [0, 0.1) is 5.92 Å². The highest BCUT2D eigenvalue weighted by Crippen LogP contribution is 2.33. The van der Waals surface area contributed by atoms with Crippen molar-refractivity contribution in [3.63, 3.8) is 0 Å². The number of benzene rings is 1. The number of nitrogens with one attached hydrogen (secondary N) is 2. The largest absolute Gasteiger partial charge is 0.325 e. The first-order chi connectivity index (χ1) is 10.3. The first-order valence-electron chi connectivity index (χ1n) is 8.48. The second-order valence-electron chi connectivity index (χ2n) is 6.93. The summed E-state index contributed by atoms with van der Waals surface area (Å²) in [6, 6.07) is 6.99. The van der Waals surface area contributed by atoms with Crippen LogP contribution in [0.25, 0.3) is 0 Å². The van der Waals surface area contributed by atoms with Gasteiger partial charge in [0.05, 0.1) is 6.04 Å². The summed E-state index contributed by atoms with van der Waals surface area (Å²) in [7, 11) is 0. The number of fused-ring (bicyclic) bond motifs is 2. The average molecular weight is 321 g/mol. The number of anilines is 1. The molecule has 1 heterocycles. The summed E-state index contributed by atoms with van der Waals surface area (Å²) >= 11 is 0. The molecule has 2 N–H and O–H groups in total. The zero-order valence-electron chi connectivity index (χ0n) is 12.9. The summed E-state index contributed by atoms with van der Waals surface area (Å²) in [6.45, 7) is 0. The maximum atomic E-state index is 12.5. The van der Waals surface area contributed by atoms with Crippen molar-refractivity contribution in [2.24, 2.45) is 5.92 Å². The lowest BCUT2D eigenvalue weighted by Gasteiger charge is -2.24. The van der Waals surface area contributed by atoms with E-state index < -0.39 is 0 Å². The van der Waals surface area contributed by atoms with Crippen molar-refractivity contribution in [3.8, 4) is 0 Å². The molecule has 4 heteroatoms. The van der Waals surface area contributed by atoms with Crippen molar-refractivity contribution in [2.75, 3.05) is 5.32 Å². The molecule has 1 saturated heterocycles. The number of hydrogen-bond acceptors (Lipinski definition) is 2. The first-order valence-corrected chi connectivity index (χ1v) is 8.48. The number of hydrogen-bond donors (Lipinski definition) is 2. The van der Waals surface area contributed by atoms with E-state index in [1.165, 1.54) is 49.7 Å². The predicted octanol–water partition coefficient (Wildman–Crippen LogP) is 3.46. The molecule has 3 atom stereocenters. The van der Waals surface area contributed by atoms with Crippen LogP contribution in [0.15, 0.2) is 18.2 Å². The van der Waals surface area contributed by atoms with E-state index in [1.54, 1.807) is 0 Å². The van der Waals surface area contributed by atoms with Crippen LogP contribution in [0.4, 0.5) is 5.69 Å². The van der Waals surface area contributed by atoms with Crippen LogP contribution in [-0.4, -0.2) is 18.0 Å². The van der Waals surface area contributed by atoms with E-state index in [1.807, 2.05) is 0 Å². The van der Waals surface area contributed by atoms with Crippen molar-refractivity contribution in [1.82, 2.24) is 5.32 Å². The van der Waals surface area contributed by atoms with Crippen molar-refractivity contribution in [1.29, 1.82) is 0 Å². The number of amides is 1. The lowest BCUT2D eigenvalue weighted by Crippen LogP contribution is -2.39. The molecule has 120 valence electrons. The fourth-order valence-corrected chi connectivity index (χ4v) is 4.40. The molecular formula is C18H25ClN2O. The monoisotopic (exact) mass is 320 g/mol. The van der Waals surface area contributed by atoms with Gasteiger partial charge in [-0.15, -0.1) is 12.4 Å². The van der Waals surface area contributed by atoms with Crippen LogP contribution in [-0.2, 0) is 17.6 Å². The van der Waals surface area contributed by atoms with Gasteiger partial charge in [-0.2, -0.15) is 0 Å². The van der Waals surface area contributed by atoms with Gasteiger partial charge in [-0.25, -0.2) is 0 Å². The van der Waals surface area contributed by atoms with Gasteiger partial charge in [0.2, 0.25) is 5.91 Å². The third-order valence-electron chi connectivity index (χ3n) is 5.55. The summed E-state index contributed by atoms with van der Waals surface area (Å²) in [5.41, 5.74) is 3.84. The van der Waals surface area contributed by atoms with Gasteiger partial charge in [-0.1, -0.05) is 18.9 Å². The zero-order chi connectivity index (χ0) is 14.2. The van der Waals surface area contributed by atoms with Gasteiger partial charge < -0.3 is 10.6 Å². The molecule has 1 aliphatic heterocycles. The molecule has 3 nitrogen and oxygen atoms in total. The SMILES string of the molecule is Cl.O=C(Nc1ccc2c(c1)CCC2)C1CC2CCCCC2N1. The standard InChI is InChI=1S/C18H24N2O.ClH/c21-18(17-11-14-4-1-2-7-16(14)20-17)19-15-9-8-12-5-3-6-13(12)10-15;/h8-10,14,16-17,20H,1-7,11H2,(H,19,21);1H. The van der Waals surface area contributed by atoms with Gasteiger partial charge >= 0.3 is 0 Å². The van der Waals surface area contributed by atoms with E-state index in [0.717, 1.165) is 24.4 Å². The normalized spacial score (nSPS) is 29.4. The molecule has 0 spiro atoms. The van der Waals surface area contributed by atoms with Gasteiger partial charge in [0, 0.05) is 11.7 Å². The molecule has 2 fully saturated rings. The Bertz CT molecular complexity index is 546. The topological polar surface area (TPSA) is 41.1 Å². The summed E-state index contributed by atoms with van der Waals surface area (Å²) < 4.78 is 0. The van der Waals surface area contributed by atoms with Crippen molar-refractivity contribution in [2.45, 2.75) is 63.5 Å². The molecule has 4 rings (SSSR count). The molecule has 2 aliphatic carbocycles. The Labute approximate surface area is 138 Å². The molecule has 0 aromatic heterocycles. The van der Waals surface area contributed by atoms with E-state index in [-0.39, 0.29) is 24.4 Å². The highest BCUT2D eigenvalue weighted by Gasteiger charge is 2.38. The summed E-state index contributed by atoms with van der Waals surface area (Å²) in [5, 5.41) is 6.68. The summed E-state index contributed by atoms with van der Waals surface area (Å²) in [4.78, 5) is 12.5. The van der Waals surface area contributed by atoms with Crippen LogP contribution < -0.4 is 10.6 Å². The van der Waals surface area contributed by atoms with Crippen LogP contribution in [0.5, 0.6) is 0 Å². The number of carbonyl (C=O) groups is 1. The van der Waals surface area contributed by atoms with E-state index in [2.05, 4.69) is 28.8 Å². The fourth-order valence-electron chi connectivity index (χ4n) is 4.40. The molecule has 22 heavy (non-hydrogen) atoms. The smallest absolute Gasteiger partial charge is 0.241 e. The molecule has 0 radical (unpaired) electrons. The molecule has 0 bridgehead atoms. The van der Waals surface area contributed by atoms with Crippen molar-refractivity contribution < 1.29 is 4.79 Å². The first kappa shape index (κ1) is 15.8. The summed E-state index contributed by atoms with van der Waals surface area (Å²) in [5.74, 6) is 0.872. The Kier molecular flexibility index (Phi) is 4.74. The second kappa shape index (κ2) is 6.59. The second-order valence-corrected chi connectivity index (χ2v) is 6.93. The van der Waals surface area contributed by atoms with Gasteiger partial charge in [-0.05, 0) is 67.7 Å².